The van der Waals surface area contributed by atoms with Crippen LogP contribution in [0.25, 0.3) is 0 Å². The van der Waals surface area contributed by atoms with Crippen molar-refractivity contribution in [1.29, 1.82) is 0 Å². The molecule has 7 heteroatoms. The number of carbonyl (C=O) groups is 1. The summed E-state index contributed by atoms with van der Waals surface area (Å²) >= 11 is 2.82. The van der Waals surface area contributed by atoms with E-state index in [0.717, 1.165) is 21.0 Å². The van der Waals surface area contributed by atoms with Gasteiger partial charge in [0.05, 0.1) is 0 Å². The molecule has 1 aromatic heterocycles. The number of anilines is 1. The molecule has 25 heavy (non-hydrogen) atoms. The molecular weight excluding hydrogens is 357 g/mol. The molecule has 0 aliphatic rings. The highest BCUT2D eigenvalue weighted by Crippen LogP contribution is 2.28. The van der Waals surface area contributed by atoms with E-state index >= 15 is 0 Å². The summed E-state index contributed by atoms with van der Waals surface area (Å²) in [5.74, 6) is 0.230. The highest BCUT2D eigenvalue weighted by Gasteiger charge is 2.13. The van der Waals surface area contributed by atoms with Gasteiger partial charge in [-0.15, -0.1) is 10.2 Å². The van der Waals surface area contributed by atoms with Crippen LogP contribution in [0, 0.1) is 19.7 Å². The van der Waals surface area contributed by atoms with E-state index in [9.17, 15) is 9.18 Å². The lowest BCUT2D eigenvalue weighted by molar-refractivity contribution is 0.102. The van der Waals surface area contributed by atoms with Gasteiger partial charge in [-0.05, 0) is 48.7 Å². The van der Waals surface area contributed by atoms with Crippen LogP contribution in [-0.4, -0.2) is 16.1 Å². The van der Waals surface area contributed by atoms with Crippen molar-refractivity contribution in [2.24, 2.45) is 0 Å². The van der Waals surface area contributed by atoms with Gasteiger partial charge in [0.1, 0.15) is 5.82 Å². The second-order valence-electron chi connectivity index (χ2n) is 5.49. The van der Waals surface area contributed by atoms with Gasteiger partial charge in [-0.1, -0.05) is 47.4 Å². The molecule has 0 saturated heterocycles. The van der Waals surface area contributed by atoms with E-state index in [-0.39, 0.29) is 11.7 Å². The van der Waals surface area contributed by atoms with Gasteiger partial charge >= 0.3 is 0 Å². The lowest BCUT2D eigenvalue weighted by Crippen LogP contribution is -2.13. The van der Waals surface area contributed by atoms with Gasteiger partial charge in [0, 0.05) is 11.3 Å². The first-order valence-electron chi connectivity index (χ1n) is 7.61. The molecule has 0 spiro atoms. The number of amides is 1. The van der Waals surface area contributed by atoms with Gasteiger partial charge in [0.2, 0.25) is 5.13 Å². The van der Waals surface area contributed by atoms with Gasteiger partial charge in [-0.2, -0.15) is 0 Å². The highest BCUT2D eigenvalue weighted by molar-refractivity contribution is 8.00. The molecule has 0 unspecified atom stereocenters. The standard InChI is InChI=1S/C18H16FN3OS2/c1-11-4-3-5-15(12(11)2)16(23)20-17-21-22-18(25-17)24-10-13-6-8-14(19)9-7-13/h3-9H,10H2,1-2H3,(H,20,21,23). The van der Waals surface area contributed by atoms with E-state index in [1.54, 1.807) is 18.2 Å². The Morgan fingerprint density at radius 3 is 2.68 bits per heavy atom. The van der Waals surface area contributed by atoms with Crippen molar-refractivity contribution in [2.75, 3.05) is 5.32 Å². The number of nitrogens with one attached hydrogen (secondary N) is 1. The molecule has 1 heterocycles. The number of hydrogen-bond acceptors (Lipinski definition) is 5. The average Bonchev–Trinajstić information content (AvgIpc) is 3.04. The van der Waals surface area contributed by atoms with Crippen LogP contribution < -0.4 is 5.32 Å². The molecule has 128 valence electrons. The number of aryl methyl sites for hydroxylation is 1. The Kier molecular flexibility index (Phi) is 5.45. The third-order valence-corrected chi connectivity index (χ3v) is 5.79. The lowest BCUT2D eigenvalue weighted by atomic mass is 10.0. The molecular formula is C18H16FN3OS2. The van der Waals surface area contributed by atoms with E-state index in [1.807, 2.05) is 26.0 Å². The molecule has 0 radical (unpaired) electrons. The largest absolute Gasteiger partial charge is 0.296 e. The SMILES string of the molecule is Cc1cccc(C(=O)Nc2nnc(SCc3ccc(F)cc3)s2)c1C. The van der Waals surface area contributed by atoms with Crippen LogP contribution >= 0.6 is 23.1 Å². The van der Waals surface area contributed by atoms with Crippen LogP contribution in [0.4, 0.5) is 9.52 Å². The Labute approximate surface area is 153 Å². The normalized spacial score (nSPS) is 10.7. The summed E-state index contributed by atoms with van der Waals surface area (Å²) in [5.41, 5.74) is 3.66. The summed E-state index contributed by atoms with van der Waals surface area (Å²) in [6, 6.07) is 12.0. The molecule has 1 amide bonds. The molecule has 3 aromatic rings. The molecule has 4 nitrogen and oxygen atoms in total. The summed E-state index contributed by atoms with van der Waals surface area (Å²) in [5, 5.41) is 11.4. The number of rotatable bonds is 5. The predicted octanol–water partition coefficient (Wildman–Crippen LogP) is 4.84. The molecule has 0 bridgehead atoms. The van der Waals surface area contributed by atoms with Crippen LogP contribution in [0.2, 0.25) is 0 Å². The zero-order valence-corrected chi connectivity index (χ0v) is 15.4. The zero-order chi connectivity index (χ0) is 17.8. The fraction of sp³-hybridized carbons (Fsp3) is 0.167. The van der Waals surface area contributed by atoms with E-state index in [0.29, 0.717) is 16.4 Å². The number of benzene rings is 2. The molecule has 1 N–H and O–H groups in total. The van der Waals surface area contributed by atoms with Crippen molar-refractivity contribution < 1.29 is 9.18 Å². The molecule has 0 saturated carbocycles. The van der Waals surface area contributed by atoms with Gasteiger partial charge in [-0.3, -0.25) is 10.1 Å². The average molecular weight is 373 g/mol. The number of aromatic nitrogens is 2. The molecule has 0 atom stereocenters. The van der Waals surface area contributed by atoms with Gasteiger partial charge in [-0.25, -0.2) is 4.39 Å². The fourth-order valence-corrected chi connectivity index (χ4v) is 3.91. The summed E-state index contributed by atoms with van der Waals surface area (Å²) < 4.78 is 13.7. The molecule has 2 aromatic carbocycles. The van der Waals surface area contributed by atoms with Crippen LogP contribution in [0.15, 0.2) is 46.8 Å². The second kappa shape index (κ2) is 7.76. The monoisotopic (exact) mass is 373 g/mol. The van der Waals surface area contributed by atoms with Crippen LogP contribution in [0.1, 0.15) is 27.0 Å². The van der Waals surface area contributed by atoms with Crippen molar-refractivity contribution >= 4 is 34.1 Å². The Balaban J connectivity index is 1.62. The first kappa shape index (κ1) is 17.6. The van der Waals surface area contributed by atoms with Crippen molar-refractivity contribution in [3.63, 3.8) is 0 Å². The zero-order valence-electron chi connectivity index (χ0n) is 13.7. The van der Waals surface area contributed by atoms with E-state index < -0.39 is 0 Å². The first-order valence-corrected chi connectivity index (χ1v) is 9.41. The molecule has 0 fully saturated rings. The van der Waals surface area contributed by atoms with Crippen LogP contribution in [-0.2, 0) is 5.75 Å². The minimum atomic E-state index is -0.249. The van der Waals surface area contributed by atoms with Gasteiger partial charge in [0.15, 0.2) is 4.34 Å². The quantitative estimate of drug-likeness (QED) is 0.514. The molecule has 3 rings (SSSR count). The van der Waals surface area contributed by atoms with Crippen LogP contribution in [0.3, 0.4) is 0 Å². The third-order valence-electron chi connectivity index (χ3n) is 3.75. The smallest absolute Gasteiger partial charge is 0.257 e. The van der Waals surface area contributed by atoms with Crippen LogP contribution in [0.5, 0.6) is 0 Å². The number of thioether (sulfide) groups is 1. The maximum atomic E-state index is 12.9. The minimum absolute atomic E-state index is 0.188. The van der Waals surface area contributed by atoms with Crippen molar-refractivity contribution in [1.82, 2.24) is 10.2 Å². The van der Waals surface area contributed by atoms with Crippen molar-refractivity contribution in [3.05, 3.63) is 70.5 Å². The summed E-state index contributed by atoms with van der Waals surface area (Å²) in [6.07, 6.45) is 0. The maximum Gasteiger partial charge on any atom is 0.257 e. The predicted molar refractivity (Wildman–Crippen MR) is 99.7 cm³/mol. The number of hydrogen-bond donors (Lipinski definition) is 1. The third kappa shape index (κ3) is 4.43. The Bertz CT molecular complexity index is 894. The van der Waals surface area contributed by atoms with Crippen molar-refractivity contribution in [2.45, 2.75) is 23.9 Å². The molecule has 0 aliphatic heterocycles. The number of nitrogens with zero attached hydrogens (tertiary/aromatic N) is 2. The minimum Gasteiger partial charge on any atom is -0.296 e. The summed E-state index contributed by atoms with van der Waals surface area (Å²) in [7, 11) is 0. The summed E-state index contributed by atoms with van der Waals surface area (Å²) in [4.78, 5) is 12.4. The molecule has 0 aliphatic carbocycles. The van der Waals surface area contributed by atoms with E-state index in [4.69, 9.17) is 0 Å². The second-order valence-corrected chi connectivity index (χ2v) is 7.69. The van der Waals surface area contributed by atoms with Gasteiger partial charge in [0.25, 0.3) is 5.91 Å². The topological polar surface area (TPSA) is 54.9 Å². The summed E-state index contributed by atoms with van der Waals surface area (Å²) in [6.45, 7) is 3.90. The first-order chi connectivity index (χ1) is 12.0. The number of halogens is 1. The number of carbonyl (C=O) groups excluding carboxylic acids is 1. The fourth-order valence-electron chi connectivity index (χ4n) is 2.21. The lowest BCUT2D eigenvalue weighted by Gasteiger charge is -2.07. The Hall–Kier alpha value is -2.25. The van der Waals surface area contributed by atoms with E-state index in [1.165, 1.54) is 35.2 Å². The van der Waals surface area contributed by atoms with E-state index in [2.05, 4.69) is 15.5 Å². The van der Waals surface area contributed by atoms with Crippen molar-refractivity contribution in [3.8, 4) is 0 Å². The van der Waals surface area contributed by atoms with Gasteiger partial charge < -0.3 is 0 Å². The highest BCUT2D eigenvalue weighted by atomic mass is 32.2. The maximum absolute atomic E-state index is 12.9. The Morgan fingerprint density at radius 2 is 1.92 bits per heavy atom. The Morgan fingerprint density at radius 1 is 1.16 bits per heavy atom.